The maximum Gasteiger partial charge on any atom is 0.332 e. The van der Waals surface area contributed by atoms with Crippen LogP contribution in [0.2, 0.25) is 0 Å². The summed E-state index contributed by atoms with van der Waals surface area (Å²) < 4.78 is 5.73. The number of esters is 1. The molecular formula is C8H10N2O3. The first-order valence-electron chi connectivity index (χ1n) is 3.68. The summed E-state index contributed by atoms with van der Waals surface area (Å²) >= 11 is 0. The molecule has 13 heavy (non-hydrogen) atoms. The maximum absolute atomic E-state index is 11.0. The molecule has 1 N–H and O–H groups in total. The van der Waals surface area contributed by atoms with Gasteiger partial charge >= 0.3 is 11.7 Å². The van der Waals surface area contributed by atoms with E-state index in [0.29, 0.717) is 5.70 Å². The number of carbonyl (C=O) groups excluding carboxylic acids is 1. The minimum Gasteiger partial charge on any atom is -0.466 e. The van der Waals surface area contributed by atoms with Crippen molar-refractivity contribution in [3.63, 3.8) is 0 Å². The van der Waals surface area contributed by atoms with E-state index in [1.807, 2.05) is 0 Å². The predicted molar refractivity (Wildman–Crippen MR) is 47.0 cm³/mol. The van der Waals surface area contributed by atoms with Gasteiger partial charge in [-0.3, -0.25) is 4.57 Å². The van der Waals surface area contributed by atoms with Crippen LogP contribution in [0.5, 0.6) is 0 Å². The monoisotopic (exact) mass is 182 g/mol. The lowest BCUT2D eigenvalue weighted by Crippen LogP contribution is -2.15. The Hall–Kier alpha value is -1.78. The van der Waals surface area contributed by atoms with Crippen molar-refractivity contribution in [2.75, 3.05) is 7.11 Å². The summed E-state index contributed by atoms with van der Waals surface area (Å²) in [5, 5.41) is 0. The second-order valence-electron chi connectivity index (χ2n) is 2.44. The topological polar surface area (TPSA) is 64.1 Å². The summed E-state index contributed by atoms with van der Waals surface area (Å²) in [7, 11) is 1.28. The van der Waals surface area contributed by atoms with E-state index in [0.717, 1.165) is 0 Å². The van der Waals surface area contributed by atoms with Gasteiger partial charge in [-0.2, -0.15) is 0 Å². The van der Waals surface area contributed by atoms with Crippen LogP contribution in [-0.2, 0) is 9.53 Å². The molecule has 1 aromatic rings. The summed E-state index contributed by atoms with van der Waals surface area (Å²) in [6.45, 7) is 1.64. The van der Waals surface area contributed by atoms with E-state index in [2.05, 4.69) is 9.72 Å². The molecule has 0 aliphatic rings. The fraction of sp³-hybridized carbons (Fsp3) is 0.250. The van der Waals surface area contributed by atoms with Gasteiger partial charge in [0.15, 0.2) is 0 Å². The van der Waals surface area contributed by atoms with Crippen LogP contribution in [0, 0.1) is 0 Å². The summed E-state index contributed by atoms with van der Waals surface area (Å²) in [6.07, 6.45) is 4.28. The number of nitrogens with one attached hydrogen (secondary N) is 1. The molecule has 1 heterocycles. The third-order valence-corrected chi connectivity index (χ3v) is 1.56. The summed E-state index contributed by atoms with van der Waals surface area (Å²) in [5.74, 6) is -0.481. The van der Waals surface area contributed by atoms with Gasteiger partial charge < -0.3 is 9.72 Å². The average Bonchev–Trinajstić information content (AvgIpc) is 2.51. The van der Waals surface area contributed by atoms with Crippen molar-refractivity contribution >= 4 is 11.7 Å². The minimum atomic E-state index is -0.481. The molecule has 0 aliphatic carbocycles. The number of methoxy groups -OCH3 is 1. The highest BCUT2D eigenvalue weighted by molar-refractivity contribution is 5.87. The van der Waals surface area contributed by atoms with Crippen LogP contribution in [0.4, 0.5) is 0 Å². The van der Waals surface area contributed by atoms with Gasteiger partial charge in [0, 0.05) is 24.2 Å². The number of allylic oxidation sites excluding steroid dienone is 1. The molecule has 0 spiro atoms. The van der Waals surface area contributed by atoms with Gasteiger partial charge in [-0.25, -0.2) is 9.59 Å². The quantitative estimate of drug-likeness (QED) is 0.525. The SMILES string of the molecule is COC(=O)/C=C(/C)n1cc[nH]c1=O. The smallest absolute Gasteiger partial charge is 0.332 e. The maximum atomic E-state index is 11.0. The average molecular weight is 182 g/mol. The molecule has 1 rings (SSSR count). The van der Waals surface area contributed by atoms with Crippen LogP contribution >= 0.6 is 0 Å². The third kappa shape index (κ3) is 2.08. The Morgan fingerprint density at radius 3 is 2.85 bits per heavy atom. The van der Waals surface area contributed by atoms with Crippen LogP contribution in [0.25, 0.3) is 5.70 Å². The van der Waals surface area contributed by atoms with Crippen molar-refractivity contribution in [3.8, 4) is 0 Å². The molecule has 0 aromatic carbocycles. The molecule has 0 atom stereocenters. The zero-order valence-electron chi connectivity index (χ0n) is 7.40. The van der Waals surface area contributed by atoms with Gasteiger partial charge in [-0.1, -0.05) is 0 Å². The molecule has 1 aromatic heterocycles. The summed E-state index contributed by atoms with van der Waals surface area (Å²) in [4.78, 5) is 24.3. The largest absolute Gasteiger partial charge is 0.466 e. The number of imidazole rings is 1. The van der Waals surface area contributed by atoms with E-state index in [1.165, 1.54) is 30.1 Å². The molecule has 0 radical (unpaired) electrons. The number of H-pyrrole nitrogens is 1. The van der Waals surface area contributed by atoms with E-state index in [4.69, 9.17) is 0 Å². The molecular weight excluding hydrogens is 172 g/mol. The lowest BCUT2D eigenvalue weighted by Gasteiger charge is -1.98. The van der Waals surface area contributed by atoms with Crippen molar-refractivity contribution in [1.82, 2.24) is 9.55 Å². The number of hydrogen-bond acceptors (Lipinski definition) is 3. The van der Waals surface area contributed by atoms with Crippen LogP contribution < -0.4 is 5.69 Å². The van der Waals surface area contributed by atoms with Gasteiger partial charge in [0.25, 0.3) is 0 Å². The first-order valence-corrected chi connectivity index (χ1v) is 3.68. The number of ether oxygens (including phenoxy) is 1. The Balaban J connectivity index is 2.98. The van der Waals surface area contributed by atoms with Crippen LogP contribution in [0.3, 0.4) is 0 Å². The highest BCUT2D eigenvalue weighted by Gasteiger charge is 2.00. The number of aromatic amines is 1. The zero-order valence-corrected chi connectivity index (χ0v) is 7.40. The van der Waals surface area contributed by atoms with E-state index >= 15 is 0 Å². The third-order valence-electron chi connectivity index (χ3n) is 1.56. The number of aromatic nitrogens is 2. The van der Waals surface area contributed by atoms with Crippen molar-refractivity contribution < 1.29 is 9.53 Å². The second kappa shape index (κ2) is 3.75. The molecule has 0 saturated carbocycles. The Morgan fingerprint density at radius 2 is 2.38 bits per heavy atom. The first kappa shape index (κ1) is 9.31. The Kier molecular flexibility index (Phi) is 2.69. The predicted octanol–water partition coefficient (Wildman–Crippen LogP) is 0.210. The molecule has 0 fully saturated rings. The van der Waals surface area contributed by atoms with Gasteiger partial charge in [0.05, 0.1) is 7.11 Å². The lowest BCUT2D eigenvalue weighted by molar-refractivity contribution is -0.134. The van der Waals surface area contributed by atoms with Gasteiger partial charge in [0.1, 0.15) is 0 Å². The first-order chi connectivity index (χ1) is 6.15. The fourth-order valence-corrected chi connectivity index (χ4v) is 0.897. The van der Waals surface area contributed by atoms with Crippen molar-refractivity contribution in [2.45, 2.75) is 6.92 Å². The van der Waals surface area contributed by atoms with Crippen molar-refractivity contribution in [1.29, 1.82) is 0 Å². The lowest BCUT2D eigenvalue weighted by atomic mass is 10.4. The van der Waals surface area contributed by atoms with Crippen molar-refractivity contribution in [3.05, 3.63) is 29.0 Å². The molecule has 0 amide bonds. The van der Waals surface area contributed by atoms with Crippen molar-refractivity contribution in [2.24, 2.45) is 0 Å². The van der Waals surface area contributed by atoms with Gasteiger partial charge in [-0.15, -0.1) is 0 Å². The molecule has 0 bridgehead atoms. The highest BCUT2D eigenvalue weighted by Crippen LogP contribution is 1.98. The van der Waals surface area contributed by atoms with Gasteiger partial charge in [0.2, 0.25) is 0 Å². The Bertz CT molecular complexity index is 386. The molecule has 0 aliphatic heterocycles. The fourth-order valence-electron chi connectivity index (χ4n) is 0.897. The summed E-state index contributed by atoms with van der Waals surface area (Å²) in [6, 6.07) is 0. The Morgan fingerprint density at radius 1 is 1.69 bits per heavy atom. The standard InChI is InChI=1S/C8H10N2O3/c1-6(5-7(11)13-2)10-4-3-9-8(10)12/h3-5H,1-2H3,(H,9,12)/b6-5-. The zero-order chi connectivity index (χ0) is 9.84. The van der Waals surface area contributed by atoms with E-state index in [1.54, 1.807) is 6.92 Å². The van der Waals surface area contributed by atoms with Gasteiger partial charge in [-0.05, 0) is 6.92 Å². The number of hydrogen-bond donors (Lipinski definition) is 1. The van der Waals surface area contributed by atoms with Crippen LogP contribution in [0.1, 0.15) is 6.92 Å². The summed E-state index contributed by atoms with van der Waals surface area (Å²) in [5.41, 5.74) is 0.232. The number of rotatable bonds is 2. The molecule has 70 valence electrons. The Labute approximate surface area is 74.6 Å². The molecule has 5 nitrogen and oxygen atoms in total. The van der Waals surface area contributed by atoms with E-state index in [9.17, 15) is 9.59 Å². The van der Waals surface area contributed by atoms with Crippen LogP contribution in [-0.4, -0.2) is 22.6 Å². The molecule has 0 saturated heterocycles. The molecule has 0 unspecified atom stereocenters. The minimum absolute atomic E-state index is 0.280. The molecule has 5 heteroatoms. The second-order valence-corrected chi connectivity index (χ2v) is 2.44. The van der Waals surface area contributed by atoms with E-state index < -0.39 is 5.97 Å². The number of nitrogens with zero attached hydrogens (tertiary/aromatic N) is 1. The highest BCUT2D eigenvalue weighted by atomic mass is 16.5. The number of carbonyl (C=O) groups is 1. The van der Waals surface area contributed by atoms with E-state index in [-0.39, 0.29) is 5.69 Å². The van der Waals surface area contributed by atoms with Crippen LogP contribution in [0.15, 0.2) is 23.3 Å². The normalized spacial score (nSPS) is 11.4.